The molecule has 0 rings (SSSR count). The monoisotopic (exact) mass is 205 g/mol. The number of amides is 1. The lowest BCUT2D eigenvalue weighted by atomic mass is 10.1. The van der Waals surface area contributed by atoms with E-state index in [4.69, 9.17) is 11.6 Å². The number of nitrogens with zero attached hydrogens (tertiary/aromatic N) is 1. The average molecular weight is 206 g/mol. The predicted octanol–water partition coefficient (Wildman–Crippen LogP) is 2.51. The van der Waals surface area contributed by atoms with Gasteiger partial charge in [-0.05, 0) is 12.8 Å². The van der Waals surface area contributed by atoms with Gasteiger partial charge in [0.2, 0.25) is 5.91 Å². The number of carbonyl (C=O) groups excluding carboxylic acids is 1. The Kier molecular flexibility index (Phi) is 7.06. The van der Waals surface area contributed by atoms with Gasteiger partial charge in [0, 0.05) is 25.4 Å². The second kappa shape index (κ2) is 7.19. The summed E-state index contributed by atoms with van der Waals surface area (Å²) in [5.74, 6) is 1.19. The minimum absolute atomic E-state index is 0.179. The number of hydrogen-bond donors (Lipinski definition) is 0. The first-order chi connectivity index (χ1) is 6.15. The fraction of sp³-hybridized carbons (Fsp3) is 0.900. The van der Waals surface area contributed by atoms with E-state index in [1.54, 1.807) is 0 Å². The Bertz CT molecular complexity index is 150. The number of halogens is 1. The van der Waals surface area contributed by atoms with Gasteiger partial charge >= 0.3 is 0 Å². The van der Waals surface area contributed by atoms with Crippen LogP contribution in [-0.2, 0) is 4.79 Å². The molecule has 0 saturated carbocycles. The van der Waals surface area contributed by atoms with Crippen LogP contribution in [0.15, 0.2) is 0 Å². The molecule has 78 valence electrons. The van der Waals surface area contributed by atoms with Gasteiger partial charge in [0.25, 0.3) is 0 Å². The third kappa shape index (κ3) is 5.14. The molecule has 2 nitrogen and oxygen atoms in total. The highest BCUT2D eigenvalue weighted by Crippen LogP contribution is 2.05. The second-order valence-corrected chi connectivity index (χ2v) is 3.76. The topological polar surface area (TPSA) is 20.3 Å². The summed E-state index contributed by atoms with van der Waals surface area (Å²) in [6.07, 6.45) is 1.58. The van der Waals surface area contributed by atoms with Gasteiger partial charge in [-0.15, -0.1) is 11.6 Å². The Morgan fingerprint density at radius 2 is 2.08 bits per heavy atom. The van der Waals surface area contributed by atoms with Crippen molar-refractivity contribution in [1.82, 2.24) is 4.90 Å². The Balaban J connectivity index is 3.94. The molecule has 1 unspecified atom stereocenters. The Labute approximate surface area is 86.2 Å². The maximum atomic E-state index is 11.5. The second-order valence-electron chi connectivity index (χ2n) is 3.38. The Morgan fingerprint density at radius 3 is 2.46 bits per heavy atom. The highest BCUT2D eigenvalue weighted by Gasteiger charge is 2.12. The van der Waals surface area contributed by atoms with Crippen LogP contribution in [-0.4, -0.2) is 29.8 Å². The van der Waals surface area contributed by atoms with Gasteiger partial charge in [0.1, 0.15) is 0 Å². The maximum Gasteiger partial charge on any atom is 0.223 e. The van der Waals surface area contributed by atoms with E-state index in [2.05, 4.69) is 13.8 Å². The van der Waals surface area contributed by atoms with Crippen molar-refractivity contribution in [1.29, 1.82) is 0 Å². The van der Waals surface area contributed by atoms with Crippen molar-refractivity contribution in [3.05, 3.63) is 0 Å². The molecule has 0 fully saturated rings. The largest absolute Gasteiger partial charge is 0.343 e. The minimum atomic E-state index is 0.179. The van der Waals surface area contributed by atoms with Gasteiger partial charge in [-0.2, -0.15) is 0 Å². The molecule has 0 radical (unpaired) electrons. The van der Waals surface area contributed by atoms with Crippen molar-refractivity contribution in [2.24, 2.45) is 5.92 Å². The van der Waals surface area contributed by atoms with Gasteiger partial charge < -0.3 is 4.90 Å². The predicted molar refractivity (Wildman–Crippen MR) is 57.0 cm³/mol. The van der Waals surface area contributed by atoms with E-state index in [1.807, 2.05) is 11.8 Å². The molecule has 13 heavy (non-hydrogen) atoms. The summed E-state index contributed by atoms with van der Waals surface area (Å²) in [5.41, 5.74) is 0. The molecule has 0 saturated heterocycles. The number of hydrogen-bond acceptors (Lipinski definition) is 1. The van der Waals surface area contributed by atoms with Crippen LogP contribution >= 0.6 is 11.6 Å². The quantitative estimate of drug-likeness (QED) is 0.611. The first kappa shape index (κ1) is 12.8. The van der Waals surface area contributed by atoms with E-state index in [-0.39, 0.29) is 5.91 Å². The lowest BCUT2D eigenvalue weighted by molar-refractivity contribution is -0.131. The van der Waals surface area contributed by atoms with Crippen LogP contribution in [0.3, 0.4) is 0 Å². The molecule has 0 heterocycles. The van der Waals surface area contributed by atoms with Crippen molar-refractivity contribution in [2.45, 2.75) is 33.6 Å². The van der Waals surface area contributed by atoms with E-state index >= 15 is 0 Å². The molecule has 0 aliphatic heterocycles. The van der Waals surface area contributed by atoms with Crippen LogP contribution < -0.4 is 0 Å². The van der Waals surface area contributed by atoms with E-state index in [9.17, 15) is 4.79 Å². The molecule has 3 heteroatoms. The molecule has 0 aliphatic carbocycles. The smallest absolute Gasteiger partial charge is 0.223 e. The SMILES string of the molecule is CCC(C)CN(CC)C(=O)CCCl. The molecule has 0 aromatic carbocycles. The normalized spacial score (nSPS) is 12.6. The summed E-state index contributed by atoms with van der Waals surface area (Å²) in [5, 5.41) is 0. The van der Waals surface area contributed by atoms with Crippen LogP contribution in [0, 0.1) is 5.92 Å². The summed E-state index contributed by atoms with van der Waals surface area (Å²) in [6.45, 7) is 7.97. The van der Waals surface area contributed by atoms with Crippen molar-refractivity contribution in [3.63, 3.8) is 0 Å². The molecule has 1 atom stereocenters. The molecule has 0 N–H and O–H groups in total. The molecule has 1 amide bonds. The van der Waals surface area contributed by atoms with Crippen molar-refractivity contribution >= 4 is 17.5 Å². The zero-order chi connectivity index (χ0) is 10.3. The molecular weight excluding hydrogens is 186 g/mol. The molecule has 0 spiro atoms. The third-order valence-corrected chi connectivity index (χ3v) is 2.46. The summed E-state index contributed by atoms with van der Waals surface area (Å²) in [4.78, 5) is 13.4. The molecule has 0 aliphatic rings. The van der Waals surface area contributed by atoms with Gasteiger partial charge in [0.15, 0.2) is 0 Å². The number of rotatable bonds is 6. The first-order valence-electron chi connectivity index (χ1n) is 4.99. The summed E-state index contributed by atoms with van der Waals surface area (Å²) in [6, 6.07) is 0. The third-order valence-electron chi connectivity index (χ3n) is 2.27. The molecule has 0 aromatic rings. The lowest BCUT2D eigenvalue weighted by Crippen LogP contribution is -2.34. The van der Waals surface area contributed by atoms with Crippen LogP contribution in [0.4, 0.5) is 0 Å². The van der Waals surface area contributed by atoms with Crippen LogP contribution in [0.25, 0.3) is 0 Å². The van der Waals surface area contributed by atoms with Gasteiger partial charge in [0.05, 0.1) is 0 Å². The van der Waals surface area contributed by atoms with Crippen molar-refractivity contribution in [2.75, 3.05) is 19.0 Å². The van der Waals surface area contributed by atoms with E-state index in [1.165, 1.54) is 0 Å². The van der Waals surface area contributed by atoms with Gasteiger partial charge in [-0.1, -0.05) is 20.3 Å². The number of carbonyl (C=O) groups is 1. The Morgan fingerprint density at radius 1 is 1.46 bits per heavy atom. The van der Waals surface area contributed by atoms with Crippen LogP contribution in [0.5, 0.6) is 0 Å². The zero-order valence-corrected chi connectivity index (χ0v) is 9.60. The maximum absolute atomic E-state index is 11.5. The van der Waals surface area contributed by atoms with E-state index in [0.29, 0.717) is 18.2 Å². The highest BCUT2D eigenvalue weighted by molar-refractivity contribution is 6.18. The van der Waals surface area contributed by atoms with E-state index < -0.39 is 0 Å². The number of alkyl halides is 1. The summed E-state index contributed by atoms with van der Waals surface area (Å²) < 4.78 is 0. The minimum Gasteiger partial charge on any atom is -0.343 e. The summed E-state index contributed by atoms with van der Waals surface area (Å²) >= 11 is 5.52. The lowest BCUT2D eigenvalue weighted by Gasteiger charge is -2.23. The summed E-state index contributed by atoms with van der Waals surface area (Å²) in [7, 11) is 0. The van der Waals surface area contributed by atoms with Crippen LogP contribution in [0.1, 0.15) is 33.6 Å². The van der Waals surface area contributed by atoms with Gasteiger partial charge in [-0.3, -0.25) is 4.79 Å². The average Bonchev–Trinajstić information content (AvgIpc) is 2.14. The Hall–Kier alpha value is -0.240. The first-order valence-corrected chi connectivity index (χ1v) is 5.52. The fourth-order valence-electron chi connectivity index (χ4n) is 1.15. The fourth-order valence-corrected chi connectivity index (χ4v) is 1.31. The highest BCUT2D eigenvalue weighted by atomic mass is 35.5. The molecule has 0 bridgehead atoms. The zero-order valence-electron chi connectivity index (χ0n) is 8.85. The van der Waals surface area contributed by atoms with Crippen molar-refractivity contribution in [3.8, 4) is 0 Å². The molecular formula is C10H20ClNO. The van der Waals surface area contributed by atoms with Gasteiger partial charge in [-0.25, -0.2) is 0 Å². The van der Waals surface area contributed by atoms with Crippen molar-refractivity contribution < 1.29 is 4.79 Å². The van der Waals surface area contributed by atoms with Crippen LogP contribution in [0.2, 0.25) is 0 Å². The molecule has 0 aromatic heterocycles. The van der Waals surface area contributed by atoms with E-state index in [0.717, 1.165) is 19.5 Å². The standard InChI is InChI=1S/C10H20ClNO/c1-4-9(3)8-12(5-2)10(13)6-7-11/h9H,4-8H2,1-3H3.